The molecule has 0 radical (unpaired) electrons. The molecule has 172 valence electrons. The van der Waals surface area contributed by atoms with Gasteiger partial charge < -0.3 is 19.1 Å². The van der Waals surface area contributed by atoms with E-state index < -0.39 is 0 Å². The number of piperidine rings is 1. The molecule has 1 aliphatic rings. The lowest BCUT2D eigenvalue weighted by molar-refractivity contribution is -0.120. The minimum atomic E-state index is -0.340. The molecular weight excluding hydrogens is 439 g/mol. The van der Waals surface area contributed by atoms with Crippen LogP contribution in [0.15, 0.2) is 57.6 Å². The number of carbonyl (C=O) groups excluding carboxylic acids is 1. The Hall–Kier alpha value is -4.39. The predicted molar refractivity (Wildman–Crippen MR) is 121 cm³/mol. The van der Waals surface area contributed by atoms with E-state index in [1.807, 2.05) is 11.8 Å². The summed E-state index contributed by atoms with van der Waals surface area (Å²) < 4.78 is 26.0. The molecule has 0 atom stereocenters. The summed E-state index contributed by atoms with van der Waals surface area (Å²) in [4.78, 5) is 19.2. The molecule has 3 aromatic heterocycles. The van der Waals surface area contributed by atoms with Gasteiger partial charge in [-0.1, -0.05) is 0 Å². The molecule has 0 unspecified atom stereocenters. The van der Waals surface area contributed by atoms with Crippen molar-refractivity contribution in [3.05, 3.63) is 65.9 Å². The molecule has 34 heavy (non-hydrogen) atoms. The van der Waals surface area contributed by atoms with Crippen molar-refractivity contribution in [1.29, 1.82) is 5.26 Å². The molecule has 1 amide bonds. The third-order valence-electron chi connectivity index (χ3n) is 5.75. The van der Waals surface area contributed by atoms with Gasteiger partial charge in [0.25, 0.3) is 5.89 Å². The Morgan fingerprint density at radius 2 is 2.00 bits per heavy atom. The third kappa shape index (κ3) is 4.15. The summed E-state index contributed by atoms with van der Waals surface area (Å²) in [6, 6.07) is 13.2. The van der Waals surface area contributed by atoms with Gasteiger partial charge in [0, 0.05) is 25.1 Å². The van der Waals surface area contributed by atoms with Gasteiger partial charge >= 0.3 is 0 Å². The van der Waals surface area contributed by atoms with Crippen LogP contribution in [0.3, 0.4) is 0 Å². The molecule has 4 aromatic rings. The Bertz CT molecular complexity index is 1340. The molecule has 1 fully saturated rings. The number of oxazole rings is 1. The van der Waals surface area contributed by atoms with Gasteiger partial charge in [0.2, 0.25) is 17.5 Å². The molecule has 0 spiro atoms. The maximum Gasteiger partial charge on any atom is 0.266 e. The first kappa shape index (κ1) is 21.5. The van der Waals surface area contributed by atoms with Gasteiger partial charge in [0.15, 0.2) is 5.76 Å². The maximum atomic E-state index is 13.3. The number of halogens is 1. The van der Waals surface area contributed by atoms with Crippen LogP contribution in [0.25, 0.3) is 17.3 Å². The highest BCUT2D eigenvalue weighted by molar-refractivity contribution is 5.92. The normalized spacial score (nSPS) is 14.2. The number of furan rings is 1. The van der Waals surface area contributed by atoms with Crippen molar-refractivity contribution in [2.75, 3.05) is 23.3 Å². The number of rotatable bonds is 5. The Kier molecular flexibility index (Phi) is 5.59. The number of aryl methyl sites for hydroxylation is 1. The summed E-state index contributed by atoms with van der Waals surface area (Å²) in [7, 11) is 0. The number of anilines is 2. The van der Waals surface area contributed by atoms with E-state index in [0.717, 1.165) is 5.69 Å². The summed E-state index contributed by atoms with van der Waals surface area (Å²) in [5.41, 5.74) is 1.57. The van der Waals surface area contributed by atoms with Crippen molar-refractivity contribution >= 4 is 17.6 Å². The number of aromatic nitrogens is 3. The van der Waals surface area contributed by atoms with E-state index in [1.54, 1.807) is 35.0 Å². The van der Waals surface area contributed by atoms with Crippen LogP contribution in [-0.2, 0) is 4.79 Å². The molecule has 4 heterocycles. The zero-order valence-corrected chi connectivity index (χ0v) is 18.4. The number of carbonyl (C=O) groups is 1. The number of amides is 1. The SMILES string of the molecule is Cc1cc(NC(=O)C2CCN(c3oc(-c4ccco4)nc3C#N)CC2)n(-c2ccc(F)cc2)n1. The minimum Gasteiger partial charge on any atom is -0.459 e. The van der Waals surface area contributed by atoms with Crippen LogP contribution >= 0.6 is 0 Å². The van der Waals surface area contributed by atoms with E-state index >= 15 is 0 Å². The highest BCUT2D eigenvalue weighted by Gasteiger charge is 2.30. The summed E-state index contributed by atoms with van der Waals surface area (Å²) in [6.45, 7) is 2.90. The Morgan fingerprint density at radius 3 is 2.68 bits per heavy atom. The van der Waals surface area contributed by atoms with Gasteiger partial charge in [0.05, 0.1) is 17.6 Å². The van der Waals surface area contributed by atoms with Gasteiger partial charge in [0.1, 0.15) is 17.7 Å². The number of nitrogens with zero attached hydrogens (tertiary/aromatic N) is 5. The van der Waals surface area contributed by atoms with E-state index in [2.05, 4.69) is 21.5 Å². The quantitative estimate of drug-likeness (QED) is 0.472. The third-order valence-corrected chi connectivity index (χ3v) is 5.75. The zero-order valence-electron chi connectivity index (χ0n) is 18.4. The summed E-state index contributed by atoms with van der Waals surface area (Å²) in [5.74, 6) is 0.946. The Morgan fingerprint density at radius 1 is 1.24 bits per heavy atom. The van der Waals surface area contributed by atoms with Gasteiger partial charge in [-0.05, 0) is 56.2 Å². The first-order valence-corrected chi connectivity index (χ1v) is 10.8. The van der Waals surface area contributed by atoms with Crippen molar-refractivity contribution in [3.63, 3.8) is 0 Å². The molecule has 9 nitrogen and oxygen atoms in total. The average Bonchev–Trinajstić information content (AvgIpc) is 3.59. The fraction of sp³-hybridized carbons (Fsp3) is 0.250. The fourth-order valence-electron chi connectivity index (χ4n) is 4.05. The van der Waals surface area contributed by atoms with Crippen LogP contribution < -0.4 is 10.2 Å². The van der Waals surface area contributed by atoms with E-state index in [9.17, 15) is 14.4 Å². The van der Waals surface area contributed by atoms with Gasteiger partial charge in [-0.15, -0.1) is 0 Å². The van der Waals surface area contributed by atoms with Crippen LogP contribution in [0.2, 0.25) is 0 Å². The molecular formula is C24H21FN6O3. The van der Waals surface area contributed by atoms with E-state index in [0.29, 0.717) is 49.1 Å². The van der Waals surface area contributed by atoms with E-state index in [1.165, 1.54) is 18.4 Å². The largest absolute Gasteiger partial charge is 0.459 e. The van der Waals surface area contributed by atoms with Crippen molar-refractivity contribution in [2.45, 2.75) is 19.8 Å². The zero-order chi connectivity index (χ0) is 23.7. The molecule has 1 N–H and O–H groups in total. The van der Waals surface area contributed by atoms with Crippen LogP contribution in [-0.4, -0.2) is 33.8 Å². The molecule has 0 aliphatic carbocycles. The van der Waals surface area contributed by atoms with Crippen LogP contribution in [0.1, 0.15) is 24.2 Å². The van der Waals surface area contributed by atoms with Gasteiger partial charge in [-0.25, -0.2) is 9.07 Å². The molecule has 5 rings (SSSR count). The molecule has 1 aromatic carbocycles. The molecule has 1 aliphatic heterocycles. The number of hydrogen-bond donors (Lipinski definition) is 1. The van der Waals surface area contributed by atoms with Crippen molar-refractivity contribution < 1.29 is 18.0 Å². The smallest absolute Gasteiger partial charge is 0.266 e. The first-order chi connectivity index (χ1) is 16.5. The highest BCUT2D eigenvalue weighted by Crippen LogP contribution is 2.31. The van der Waals surface area contributed by atoms with Crippen LogP contribution in [0.5, 0.6) is 0 Å². The standard InChI is InChI=1S/C24H21FN6O3/c1-15-13-21(31(29-15)18-6-4-17(25)5-7-18)28-22(32)16-8-10-30(11-9-16)24-19(14-26)27-23(34-24)20-3-2-12-33-20/h2-7,12-13,16H,8-11H2,1H3,(H,28,32). The topological polar surface area (TPSA) is 113 Å². The minimum absolute atomic E-state index is 0.114. The lowest BCUT2D eigenvalue weighted by Crippen LogP contribution is -2.38. The summed E-state index contributed by atoms with van der Waals surface area (Å²) >= 11 is 0. The van der Waals surface area contributed by atoms with Crippen molar-refractivity contribution in [3.8, 4) is 23.4 Å². The van der Waals surface area contributed by atoms with Crippen LogP contribution in [0, 0.1) is 30.0 Å². The molecule has 0 saturated carbocycles. The van der Waals surface area contributed by atoms with E-state index in [4.69, 9.17) is 8.83 Å². The van der Waals surface area contributed by atoms with Gasteiger partial charge in [-0.3, -0.25) is 4.79 Å². The van der Waals surface area contributed by atoms with E-state index in [-0.39, 0.29) is 29.2 Å². The van der Waals surface area contributed by atoms with Crippen molar-refractivity contribution in [2.24, 2.45) is 5.92 Å². The second-order valence-corrected chi connectivity index (χ2v) is 8.07. The predicted octanol–water partition coefficient (Wildman–Crippen LogP) is 4.29. The second kappa shape index (κ2) is 8.86. The first-order valence-electron chi connectivity index (χ1n) is 10.8. The lowest BCUT2D eigenvalue weighted by Gasteiger charge is -2.30. The van der Waals surface area contributed by atoms with Crippen molar-refractivity contribution in [1.82, 2.24) is 14.8 Å². The maximum absolute atomic E-state index is 13.3. The Labute approximate surface area is 194 Å². The summed E-state index contributed by atoms with van der Waals surface area (Å²) in [5, 5.41) is 16.9. The fourth-order valence-corrected chi connectivity index (χ4v) is 4.05. The van der Waals surface area contributed by atoms with Gasteiger partial charge in [-0.2, -0.15) is 15.3 Å². The number of nitriles is 1. The average molecular weight is 460 g/mol. The number of nitrogens with one attached hydrogen (secondary N) is 1. The molecule has 0 bridgehead atoms. The highest BCUT2D eigenvalue weighted by atomic mass is 19.1. The molecule has 1 saturated heterocycles. The monoisotopic (exact) mass is 460 g/mol. The van der Waals surface area contributed by atoms with Crippen LogP contribution in [0.4, 0.5) is 16.1 Å². The Balaban J connectivity index is 1.26. The second-order valence-electron chi connectivity index (χ2n) is 8.07. The summed E-state index contributed by atoms with van der Waals surface area (Å²) in [6.07, 6.45) is 2.67. The lowest BCUT2D eigenvalue weighted by atomic mass is 9.96. The number of hydrogen-bond acceptors (Lipinski definition) is 7. The number of benzene rings is 1. The molecule has 10 heteroatoms.